The van der Waals surface area contributed by atoms with Gasteiger partial charge in [0.15, 0.2) is 6.61 Å². The summed E-state index contributed by atoms with van der Waals surface area (Å²) in [6, 6.07) is 14.4. The second kappa shape index (κ2) is 11.4. The van der Waals surface area contributed by atoms with Crippen molar-refractivity contribution in [2.45, 2.75) is 59.5 Å². The van der Waals surface area contributed by atoms with Gasteiger partial charge in [0.2, 0.25) is 5.91 Å². The molecule has 32 heavy (non-hydrogen) atoms. The number of ether oxygens (including phenoxy) is 1. The molecular formula is C26H35ClN2O3. The Balaban J connectivity index is 2.21. The predicted molar refractivity (Wildman–Crippen MR) is 130 cm³/mol. The summed E-state index contributed by atoms with van der Waals surface area (Å²) in [6.45, 7) is 12.8. The van der Waals surface area contributed by atoms with E-state index in [9.17, 15) is 9.59 Å². The molecule has 0 bridgehead atoms. The van der Waals surface area contributed by atoms with E-state index in [1.54, 1.807) is 24.0 Å². The minimum atomic E-state index is -0.651. The van der Waals surface area contributed by atoms with Crippen molar-refractivity contribution in [3.8, 4) is 5.75 Å². The van der Waals surface area contributed by atoms with Crippen LogP contribution in [0.25, 0.3) is 0 Å². The Morgan fingerprint density at radius 1 is 1.06 bits per heavy atom. The Hall–Kier alpha value is -2.53. The molecule has 2 rings (SSSR count). The molecule has 0 aliphatic rings. The third-order valence-corrected chi connectivity index (χ3v) is 5.38. The number of benzene rings is 2. The number of carbonyl (C=O) groups excluding carboxylic acids is 2. The highest BCUT2D eigenvalue weighted by Gasteiger charge is 2.27. The summed E-state index contributed by atoms with van der Waals surface area (Å²) >= 11 is 6.13. The van der Waals surface area contributed by atoms with Crippen LogP contribution in [-0.4, -0.2) is 35.9 Å². The molecule has 0 aliphatic carbocycles. The van der Waals surface area contributed by atoms with Crippen LogP contribution in [0, 0.1) is 5.92 Å². The molecule has 0 saturated carbocycles. The molecule has 0 heterocycles. The Kier molecular flexibility index (Phi) is 9.14. The van der Waals surface area contributed by atoms with Gasteiger partial charge in [-0.3, -0.25) is 9.59 Å². The lowest BCUT2D eigenvalue weighted by Crippen LogP contribution is -2.49. The highest BCUT2D eigenvalue weighted by molar-refractivity contribution is 6.30. The van der Waals surface area contributed by atoms with Crippen LogP contribution < -0.4 is 10.1 Å². The first kappa shape index (κ1) is 25.7. The van der Waals surface area contributed by atoms with Crippen LogP contribution in [0.3, 0.4) is 0 Å². The highest BCUT2D eigenvalue weighted by Crippen LogP contribution is 2.31. The van der Waals surface area contributed by atoms with Gasteiger partial charge < -0.3 is 15.0 Å². The van der Waals surface area contributed by atoms with Crippen LogP contribution in [-0.2, 0) is 21.5 Å². The summed E-state index contributed by atoms with van der Waals surface area (Å²) in [5, 5.41) is 3.50. The molecule has 0 aromatic heterocycles. The molecule has 5 nitrogen and oxygen atoms in total. The van der Waals surface area contributed by atoms with Crippen molar-refractivity contribution < 1.29 is 14.3 Å². The number of para-hydroxylation sites is 1. The van der Waals surface area contributed by atoms with Gasteiger partial charge in [0.1, 0.15) is 11.8 Å². The van der Waals surface area contributed by atoms with E-state index in [1.165, 1.54) is 0 Å². The van der Waals surface area contributed by atoms with Crippen LogP contribution in [0.2, 0.25) is 5.02 Å². The lowest BCUT2D eigenvalue weighted by atomic mass is 9.86. The van der Waals surface area contributed by atoms with Crippen molar-refractivity contribution in [2.75, 3.05) is 13.2 Å². The molecule has 0 aliphatic heterocycles. The largest absolute Gasteiger partial charge is 0.483 e. The van der Waals surface area contributed by atoms with E-state index in [-0.39, 0.29) is 30.4 Å². The maximum Gasteiger partial charge on any atom is 0.261 e. The quantitative estimate of drug-likeness (QED) is 0.561. The number of carbonyl (C=O) groups is 2. The van der Waals surface area contributed by atoms with Crippen LogP contribution in [0.4, 0.5) is 0 Å². The van der Waals surface area contributed by atoms with E-state index in [0.717, 1.165) is 11.1 Å². The van der Waals surface area contributed by atoms with Gasteiger partial charge in [-0.2, -0.15) is 0 Å². The molecule has 0 spiro atoms. The fraction of sp³-hybridized carbons (Fsp3) is 0.462. The monoisotopic (exact) mass is 458 g/mol. The smallest absolute Gasteiger partial charge is 0.261 e. The molecule has 2 aromatic carbocycles. The van der Waals surface area contributed by atoms with Crippen molar-refractivity contribution in [2.24, 2.45) is 5.92 Å². The zero-order chi connectivity index (χ0) is 23.9. The van der Waals surface area contributed by atoms with Gasteiger partial charge in [-0.1, -0.05) is 76.6 Å². The Morgan fingerprint density at radius 2 is 1.75 bits per heavy atom. The Labute approximate surface area is 197 Å². The molecule has 2 aromatic rings. The summed E-state index contributed by atoms with van der Waals surface area (Å²) in [7, 11) is 0. The first-order valence-electron chi connectivity index (χ1n) is 11.0. The first-order valence-corrected chi connectivity index (χ1v) is 11.4. The number of nitrogens with zero attached hydrogens (tertiary/aromatic N) is 1. The van der Waals surface area contributed by atoms with Crippen LogP contribution in [0.5, 0.6) is 5.75 Å². The molecule has 174 valence electrons. The molecular weight excluding hydrogens is 424 g/mol. The van der Waals surface area contributed by atoms with E-state index >= 15 is 0 Å². The molecule has 0 fully saturated rings. The van der Waals surface area contributed by atoms with Crippen molar-refractivity contribution >= 4 is 23.4 Å². The van der Waals surface area contributed by atoms with Crippen molar-refractivity contribution in [1.82, 2.24) is 10.2 Å². The fourth-order valence-electron chi connectivity index (χ4n) is 3.30. The van der Waals surface area contributed by atoms with Gasteiger partial charge in [0.05, 0.1) is 0 Å². The van der Waals surface area contributed by atoms with E-state index < -0.39 is 6.04 Å². The number of amides is 2. The number of hydrogen-bond donors (Lipinski definition) is 1. The van der Waals surface area contributed by atoms with Crippen molar-refractivity contribution in [3.05, 3.63) is 64.7 Å². The Bertz CT molecular complexity index is 921. The summed E-state index contributed by atoms with van der Waals surface area (Å²) in [4.78, 5) is 27.5. The molecule has 1 unspecified atom stereocenters. The van der Waals surface area contributed by atoms with E-state index in [0.29, 0.717) is 23.2 Å². The molecule has 6 heteroatoms. The van der Waals surface area contributed by atoms with Crippen molar-refractivity contribution in [1.29, 1.82) is 0 Å². The van der Waals surface area contributed by atoms with E-state index in [4.69, 9.17) is 16.3 Å². The second-order valence-electron chi connectivity index (χ2n) is 9.50. The number of nitrogens with one attached hydrogen (secondary N) is 1. The normalized spacial score (nSPS) is 12.4. The SMILES string of the molecule is CC(C)CNC(=O)C(C)N(Cc1cccc(Cl)c1)C(=O)COc1ccccc1C(C)(C)C. The summed E-state index contributed by atoms with van der Waals surface area (Å²) in [5.74, 6) is 0.540. The maximum absolute atomic E-state index is 13.2. The van der Waals surface area contributed by atoms with Gasteiger partial charge in [0, 0.05) is 18.1 Å². The maximum atomic E-state index is 13.2. The minimum Gasteiger partial charge on any atom is -0.483 e. The third kappa shape index (κ3) is 7.56. The number of rotatable bonds is 9. The second-order valence-corrected chi connectivity index (χ2v) is 9.94. The lowest BCUT2D eigenvalue weighted by Gasteiger charge is -2.29. The van der Waals surface area contributed by atoms with Crippen LogP contribution in [0.1, 0.15) is 52.7 Å². The average molecular weight is 459 g/mol. The van der Waals surface area contributed by atoms with Gasteiger partial charge in [0.25, 0.3) is 5.91 Å². The molecule has 2 amide bonds. The third-order valence-electron chi connectivity index (χ3n) is 5.14. The van der Waals surface area contributed by atoms with Gasteiger partial charge >= 0.3 is 0 Å². The topological polar surface area (TPSA) is 58.6 Å². The fourth-order valence-corrected chi connectivity index (χ4v) is 3.51. The van der Waals surface area contributed by atoms with E-state index in [2.05, 4.69) is 26.1 Å². The summed E-state index contributed by atoms with van der Waals surface area (Å²) in [5.41, 5.74) is 1.76. The van der Waals surface area contributed by atoms with Gasteiger partial charge in [-0.05, 0) is 47.6 Å². The molecule has 0 radical (unpaired) electrons. The zero-order valence-electron chi connectivity index (χ0n) is 19.9. The zero-order valence-corrected chi connectivity index (χ0v) is 20.7. The van der Waals surface area contributed by atoms with Crippen LogP contribution in [0.15, 0.2) is 48.5 Å². The van der Waals surface area contributed by atoms with Crippen LogP contribution >= 0.6 is 11.6 Å². The summed E-state index contributed by atoms with van der Waals surface area (Å²) in [6.07, 6.45) is 0. The lowest BCUT2D eigenvalue weighted by molar-refractivity contribution is -0.142. The molecule has 1 atom stereocenters. The van der Waals surface area contributed by atoms with E-state index in [1.807, 2.05) is 50.2 Å². The number of halogens is 1. The Morgan fingerprint density at radius 3 is 2.38 bits per heavy atom. The molecule has 1 N–H and O–H groups in total. The average Bonchev–Trinajstić information content (AvgIpc) is 2.73. The first-order chi connectivity index (χ1) is 15.0. The van der Waals surface area contributed by atoms with Gasteiger partial charge in [-0.25, -0.2) is 0 Å². The number of hydrogen-bond acceptors (Lipinski definition) is 3. The van der Waals surface area contributed by atoms with Gasteiger partial charge in [-0.15, -0.1) is 0 Å². The minimum absolute atomic E-state index is 0.121. The van der Waals surface area contributed by atoms with Crippen molar-refractivity contribution in [3.63, 3.8) is 0 Å². The predicted octanol–water partition coefficient (Wildman–Crippen LogP) is 5.21. The molecule has 0 saturated heterocycles. The highest BCUT2D eigenvalue weighted by atomic mass is 35.5. The summed E-state index contributed by atoms with van der Waals surface area (Å²) < 4.78 is 5.95. The standard InChI is InChI=1S/C26H35ClN2O3/c1-18(2)15-28-25(31)19(3)29(16-20-10-9-11-21(27)14-20)24(30)17-32-23-13-8-7-12-22(23)26(4,5)6/h7-14,18-19H,15-17H2,1-6H3,(H,28,31).